The molecule has 4 rings (SSSR count). The number of carbonyl (C=O) groups excluding carboxylic acids is 1. The van der Waals surface area contributed by atoms with Crippen LogP contribution in [0.3, 0.4) is 0 Å². The van der Waals surface area contributed by atoms with Gasteiger partial charge >= 0.3 is 0 Å². The SMILES string of the molecule is CCOc1ccc(-c2ccc(=O)n(CC(=O)Nc3ccc4cn[nH]c4c3)n2)cc1. The zero-order valence-electron chi connectivity index (χ0n) is 15.8. The van der Waals surface area contributed by atoms with Crippen LogP contribution in [0.1, 0.15) is 6.92 Å². The fraction of sp³-hybridized carbons (Fsp3) is 0.143. The maximum atomic E-state index is 12.4. The molecule has 0 fully saturated rings. The number of fused-ring (bicyclic) bond motifs is 1. The summed E-state index contributed by atoms with van der Waals surface area (Å²) < 4.78 is 6.58. The summed E-state index contributed by atoms with van der Waals surface area (Å²) in [6.07, 6.45) is 1.71. The Balaban J connectivity index is 1.51. The van der Waals surface area contributed by atoms with Crippen LogP contribution >= 0.6 is 0 Å². The highest BCUT2D eigenvalue weighted by Gasteiger charge is 2.09. The summed E-state index contributed by atoms with van der Waals surface area (Å²) in [6.45, 7) is 2.32. The summed E-state index contributed by atoms with van der Waals surface area (Å²) in [4.78, 5) is 24.6. The minimum absolute atomic E-state index is 0.190. The molecule has 2 aromatic carbocycles. The van der Waals surface area contributed by atoms with Crippen LogP contribution in [0.25, 0.3) is 22.2 Å². The molecule has 2 heterocycles. The molecule has 8 nitrogen and oxygen atoms in total. The van der Waals surface area contributed by atoms with Gasteiger partial charge in [-0.2, -0.15) is 10.2 Å². The fourth-order valence-electron chi connectivity index (χ4n) is 2.96. The Labute approximate surface area is 166 Å². The molecule has 146 valence electrons. The van der Waals surface area contributed by atoms with E-state index >= 15 is 0 Å². The van der Waals surface area contributed by atoms with Crippen LogP contribution in [-0.4, -0.2) is 32.5 Å². The summed E-state index contributed by atoms with van der Waals surface area (Å²) in [5, 5.41) is 14.9. The normalized spacial score (nSPS) is 10.8. The van der Waals surface area contributed by atoms with Crippen molar-refractivity contribution >= 4 is 22.5 Å². The number of carbonyl (C=O) groups is 1. The van der Waals surface area contributed by atoms with Crippen molar-refractivity contribution in [3.63, 3.8) is 0 Å². The number of hydrogen-bond acceptors (Lipinski definition) is 5. The topological polar surface area (TPSA) is 102 Å². The van der Waals surface area contributed by atoms with Crippen molar-refractivity contribution in [2.24, 2.45) is 0 Å². The monoisotopic (exact) mass is 389 g/mol. The summed E-state index contributed by atoms with van der Waals surface area (Å²) >= 11 is 0. The number of anilines is 1. The number of hydrogen-bond donors (Lipinski definition) is 2. The standard InChI is InChI=1S/C21H19N5O3/c1-2-29-17-7-4-14(5-8-17)18-9-10-21(28)26(25-18)13-20(27)23-16-6-3-15-12-22-24-19(15)11-16/h3-12H,2,13H2,1H3,(H,22,24)(H,23,27). The molecule has 0 unspecified atom stereocenters. The molecule has 0 radical (unpaired) electrons. The molecule has 0 atom stereocenters. The lowest BCUT2D eigenvalue weighted by atomic mass is 10.1. The van der Waals surface area contributed by atoms with Gasteiger partial charge in [-0.1, -0.05) is 0 Å². The summed E-state index contributed by atoms with van der Waals surface area (Å²) in [6, 6.07) is 15.9. The first-order valence-corrected chi connectivity index (χ1v) is 9.17. The summed E-state index contributed by atoms with van der Waals surface area (Å²) in [5.74, 6) is 0.417. The van der Waals surface area contributed by atoms with Crippen molar-refractivity contribution in [1.29, 1.82) is 0 Å². The van der Waals surface area contributed by atoms with Crippen molar-refractivity contribution in [3.8, 4) is 17.0 Å². The molecule has 0 saturated carbocycles. The highest BCUT2D eigenvalue weighted by molar-refractivity contribution is 5.93. The van der Waals surface area contributed by atoms with Gasteiger partial charge in [0.15, 0.2) is 0 Å². The minimum Gasteiger partial charge on any atom is -0.494 e. The molecule has 2 N–H and O–H groups in total. The molecular weight excluding hydrogens is 370 g/mol. The number of aromatic nitrogens is 4. The number of ether oxygens (including phenoxy) is 1. The van der Waals surface area contributed by atoms with Crippen LogP contribution < -0.4 is 15.6 Å². The fourth-order valence-corrected chi connectivity index (χ4v) is 2.96. The van der Waals surface area contributed by atoms with E-state index in [0.29, 0.717) is 18.0 Å². The van der Waals surface area contributed by atoms with Crippen LogP contribution in [0.4, 0.5) is 5.69 Å². The van der Waals surface area contributed by atoms with E-state index in [4.69, 9.17) is 4.74 Å². The molecule has 29 heavy (non-hydrogen) atoms. The maximum absolute atomic E-state index is 12.4. The zero-order chi connectivity index (χ0) is 20.2. The van der Waals surface area contributed by atoms with Crippen LogP contribution in [-0.2, 0) is 11.3 Å². The molecule has 0 aliphatic heterocycles. The van der Waals surface area contributed by atoms with E-state index < -0.39 is 0 Å². The van der Waals surface area contributed by atoms with E-state index in [-0.39, 0.29) is 18.0 Å². The van der Waals surface area contributed by atoms with Gasteiger partial charge in [0.2, 0.25) is 5.91 Å². The zero-order valence-corrected chi connectivity index (χ0v) is 15.8. The average molecular weight is 389 g/mol. The Kier molecular flexibility index (Phi) is 5.07. The maximum Gasteiger partial charge on any atom is 0.267 e. The third kappa shape index (κ3) is 4.16. The van der Waals surface area contributed by atoms with Crippen LogP contribution in [0.5, 0.6) is 5.75 Å². The van der Waals surface area contributed by atoms with E-state index in [1.807, 2.05) is 37.3 Å². The molecule has 0 aliphatic carbocycles. The first-order valence-electron chi connectivity index (χ1n) is 9.17. The van der Waals surface area contributed by atoms with E-state index in [1.54, 1.807) is 24.4 Å². The average Bonchev–Trinajstić information content (AvgIpc) is 3.18. The van der Waals surface area contributed by atoms with Gasteiger partial charge in [0.05, 0.1) is 24.0 Å². The van der Waals surface area contributed by atoms with Gasteiger partial charge < -0.3 is 10.1 Å². The quantitative estimate of drug-likeness (QED) is 0.528. The molecule has 0 aliphatic rings. The Morgan fingerprint density at radius 3 is 2.76 bits per heavy atom. The predicted molar refractivity (Wildman–Crippen MR) is 110 cm³/mol. The lowest BCUT2D eigenvalue weighted by Gasteiger charge is -2.09. The number of rotatable bonds is 6. The van der Waals surface area contributed by atoms with Gasteiger partial charge in [-0.25, -0.2) is 4.68 Å². The van der Waals surface area contributed by atoms with Crippen molar-refractivity contribution < 1.29 is 9.53 Å². The number of H-pyrrole nitrogens is 1. The highest BCUT2D eigenvalue weighted by Crippen LogP contribution is 2.20. The van der Waals surface area contributed by atoms with E-state index in [9.17, 15) is 9.59 Å². The van der Waals surface area contributed by atoms with Crippen LogP contribution in [0.2, 0.25) is 0 Å². The van der Waals surface area contributed by atoms with Crippen molar-refractivity contribution in [3.05, 3.63) is 71.1 Å². The summed E-state index contributed by atoms with van der Waals surface area (Å²) in [7, 11) is 0. The Hall–Kier alpha value is -3.94. The van der Waals surface area contributed by atoms with Gasteiger partial charge in [-0.15, -0.1) is 0 Å². The summed E-state index contributed by atoms with van der Waals surface area (Å²) in [5.41, 5.74) is 2.50. The lowest BCUT2D eigenvalue weighted by Crippen LogP contribution is -2.29. The first-order chi connectivity index (χ1) is 14.1. The number of nitrogens with one attached hydrogen (secondary N) is 2. The molecule has 0 spiro atoms. The van der Waals surface area contributed by atoms with E-state index in [2.05, 4.69) is 20.6 Å². The molecule has 1 amide bonds. The Morgan fingerprint density at radius 2 is 1.97 bits per heavy atom. The van der Waals surface area contributed by atoms with Crippen molar-refractivity contribution in [2.45, 2.75) is 13.5 Å². The second-order valence-corrected chi connectivity index (χ2v) is 6.39. The predicted octanol–water partition coefficient (Wildman–Crippen LogP) is 2.82. The number of aromatic amines is 1. The second-order valence-electron chi connectivity index (χ2n) is 6.39. The third-order valence-electron chi connectivity index (χ3n) is 4.35. The lowest BCUT2D eigenvalue weighted by molar-refractivity contribution is -0.117. The molecule has 8 heteroatoms. The molecular formula is C21H19N5O3. The smallest absolute Gasteiger partial charge is 0.267 e. The molecule has 4 aromatic rings. The Bertz CT molecular complexity index is 1210. The van der Waals surface area contributed by atoms with Gasteiger partial charge in [-0.3, -0.25) is 14.7 Å². The molecule has 0 saturated heterocycles. The highest BCUT2D eigenvalue weighted by atomic mass is 16.5. The van der Waals surface area contributed by atoms with Crippen molar-refractivity contribution in [2.75, 3.05) is 11.9 Å². The van der Waals surface area contributed by atoms with Gasteiger partial charge in [0.25, 0.3) is 5.56 Å². The first kappa shape index (κ1) is 18.4. The van der Waals surface area contributed by atoms with Gasteiger partial charge in [0.1, 0.15) is 12.3 Å². The molecule has 2 aromatic heterocycles. The van der Waals surface area contributed by atoms with E-state index in [0.717, 1.165) is 26.9 Å². The number of benzene rings is 2. The van der Waals surface area contributed by atoms with E-state index in [1.165, 1.54) is 6.07 Å². The van der Waals surface area contributed by atoms with Crippen LogP contribution in [0, 0.1) is 0 Å². The molecule has 0 bridgehead atoms. The number of amides is 1. The minimum atomic E-state index is -0.348. The second kappa shape index (κ2) is 7.97. The largest absolute Gasteiger partial charge is 0.494 e. The Morgan fingerprint density at radius 1 is 1.14 bits per heavy atom. The third-order valence-corrected chi connectivity index (χ3v) is 4.35. The van der Waals surface area contributed by atoms with Crippen molar-refractivity contribution in [1.82, 2.24) is 20.0 Å². The van der Waals surface area contributed by atoms with Crippen LogP contribution in [0.15, 0.2) is 65.6 Å². The van der Waals surface area contributed by atoms with Gasteiger partial charge in [-0.05, 0) is 55.5 Å². The number of nitrogens with zero attached hydrogens (tertiary/aromatic N) is 3. The van der Waals surface area contributed by atoms with Gasteiger partial charge in [0, 0.05) is 22.7 Å².